The van der Waals surface area contributed by atoms with Crippen molar-refractivity contribution in [2.24, 2.45) is 4.99 Å². The maximum atomic E-state index is 4.94. The van der Waals surface area contributed by atoms with Crippen LogP contribution in [-0.2, 0) is 5.54 Å². The van der Waals surface area contributed by atoms with E-state index < -0.39 is 0 Å². The Hall–Kier alpha value is -1.01. The SMILES string of the molecule is CSC1=NC(C)(c2ccccc2)C(c2ccccc2)N1.I. The first-order chi connectivity index (χ1) is 9.74. The molecule has 1 heterocycles. The molecule has 1 aliphatic rings. The van der Waals surface area contributed by atoms with E-state index >= 15 is 0 Å². The van der Waals surface area contributed by atoms with Crippen LogP contribution in [-0.4, -0.2) is 11.4 Å². The second-order valence-corrected chi connectivity index (χ2v) is 5.92. The van der Waals surface area contributed by atoms with Gasteiger partial charge in [0.2, 0.25) is 0 Å². The molecule has 0 fully saturated rings. The number of nitrogens with one attached hydrogen (secondary N) is 1. The second kappa shape index (κ2) is 6.83. The number of benzene rings is 2. The van der Waals surface area contributed by atoms with Crippen LogP contribution in [0.1, 0.15) is 24.1 Å². The van der Waals surface area contributed by atoms with Gasteiger partial charge in [0, 0.05) is 0 Å². The van der Waals surface area contributed by atoms with Gasteiger partial charge in [-0.3, -0.25) is 0 Å². The Morgan fingerprint density at radius 2 is 1.57 bits per heavy atom. The van der Waals surface area contributed by atoms with Gasteiger partial charge in [0.25, 0.3) is 0 Å². The normalized spacial score (nSPS) is 23.9. The minimum atomic E-state index is -0.263. The Morgan fingerprint density at radius 3 is 2.14 bits per heavy atom. The monoisotopic (exact) mass is 410 g/mol. The number of thioether (sulfide) groups is 1. The maximum absolute atomic E-state index is 4.94. The molecule has 1 N–H and O–H groups in total. The smallest absolute Gasteiger partial charge is 0.157 e. The fraction of sp³-hybridized carbons (Fsp3) is 0.235. The Kier molecular flexibility index (Phi) is 5.32. The van der Waals surface area contributed by atoms with Gasteiger partial charge in [0.15, 0.2) is 5.17 Å². The first kappa shape index (κ1) is 16.4. The van der Waals surface area contributed by atoms with Crippen LogP contribution in [0.25, 0.3) is 0 Å². The molecule has 0 aliphatic carbocycles. The number of halogens is 1. The summed E-state index contributed by atoms with van der Waals surface area (Å²) in [6.45, 7) is 2.20. The molecule has 110 valence electrons. The average molecular weight is 410 g/mol. The molecule has 0 spiro atoms. The highest BCUT2D eigenvalue weighted by Crippen LogP contribution is 2.42. The van der Waals surface area contributed by atoms with Crippen molar-refractivity contribution in [3.05, 3.63) is 71.8 Å². The lowest BCUT2D eigenvalue weighted by molar-refractivity contribution is 0.406. The van der Waals surface area contributed by atoms with Crippen LogP contribution in [0.2, 0.25) is 0 Å². The van der Waals surface area contributed by atoms with E-state index in [1.54, 1.807) is 11.8 Å². The van der Waals surface area contributed by atoms with Crippen molar-refractivity contribution in [3.8, 4) is 0 Å². The van der Waals surface area contributed by atoms with Crippen molar-refractivity contribution >= 4 is 40.9 Å². The molecule has 0 amide bonds. The molecule has 0 aromatic heterocycles. The van der Waals surface area contributed by atoms with E-state index in [1.807, 2.05) is 6.07 Å². The fourth-order valence-electron chi connectivity index (χ4n) is 2.74. The Bertz CT molecular complexity index is 615. The van der Waals surface area contributed by atoms with E-state index in [0.717, 1.165) is 5.17 Å². The first-order valence-electron chi connectivity index (χ1n) is 6.75. The number of hydrogen-bond acceptors (Lipinski definition) is 3. The molecule has 3 rings (SSSR count). The Balaban J connectivity index is 0.00000161. The van der Waals surface area contributed by atoms with Gasteiger partial charge in [0.1, 0.15) is 5.54 Å². The Morgan fingerprint density at radius 1 is 1.00 bits per heavy atom. The molecular formula is C17H19IN2S. The third-order valence-electron chi connectivity index (χ3n) is 3.85. The molecule has 21 heavy (non-hydrogen) atoms. The molecule has 0 bridgehead atoms. The molecule has 2 unspecified atom stereocenters. The van der Waals surface area contributed by atoms with Gasteiger partial charge in [-0.15, -0.1) is 24.0 Å². The minimum Gasteiger partial charge on any atom is -0.355 e. The highest BCUT2D eigenvalue weighted by Gasteiger charge is 2.42. The first-order valence-corrected chi connectivity index (χ1v) is 7.97. The minimum absolute atomic E-state index is 0. The van der Waals surface area contributed by atoms with Crippen molar-refractivity contribution in [1.82, 2.24) is 5.32 Å². The zero-order chi connectivity index (χ0) is 14.0. The molecule has 2 aromatic carbocycles. The lowest BCUT2D eigenvalue weighted by Gasteiger charge is -2.29. The van der Waals surface area contributed by atoms with Gasteiger partial charge in [-0.2, -0.15) is 0 Å². The molecular weight excluding hydrogens is 391 g/mol. The molecule has 2 atom stereocenters. The summed E-state index contributed by atoms with van der Waals surface area (Å²) < 4.78 is 0. The standard InChI is InChI=1S/C17H18N2S.HI/c1-17(14-11-7-4-8-12-14)15(18-16(19-17)20-2)13-9-5-3-6-10-13;/h3-12,15H,1-2H3,(H,18,19);1H. The quantitative estimate of drug-likeness (QED) is 0.733. The van der Waals surface area contributed by atoms with Gasteiger partial charge in [0.05, 0.1) is 6.04 Å². The summed E-state index contributed by atoms with van der Waals surface area (Å²) in [6.07, 6.45) is 2.06. The van der Waals surface area contributed by atoms with Gasteiger partial charge in [-0.1, -0.05) is 72.4 Å². The number of hydrogen-bond donors (Lipinski definition) is 1. The maximum Gasteiger partial charge on any atom is 0.157 e. The molecule has 1 aliphatic heterocycles. The largest absolute Gasteiger partial charge is 0.355 e. The van der Waals surface area contributed by atoms with Crippen LogP contribution in [0.15, 0.2) is 65.7 Å². The number of aliphatic imine (C=N–C) groups is 1. The molecule has 4 heteroatoms. The third kappa shape index (κ3) is 3.11. The molecule has 0 radical (unpaired) electrons. The number of nitrogens with zero attached hydrogens (tertiary/aromatic N) is 1. The highest BCUT2D eigenvalue weighted by molar-refractivity contribution is 14.0. The summed E-state index contributed by atoms with van der Waals surface area (Å²) in [6, 6.07) is 21.2. The summed E-state index contributed by atoms with van der Waals surface area (Å²) in [7, 11) is 0. The lowest BCUT2D eigenvalue weighted by Crippen LogP contribution is -2.32. The number of amidine groups is 1. The predicted molar refractivity (Wildman–Crippen MR) is 102 cm³/mol. The van der Waals surface area contributed by atoms with Crippen molar-refractivity contribution in [3.63, 3.8) is 0 Å². The van der Waals surface area contributed by atoms with Crippen LogP contribution in [0, 0.1) is 0 Å². The van der Waals surface area contributed by atoms with Gasteiger partial charge < -0.3 is 5.32 Å². The van der Waals surface area contributed by atoms with Crippen molar-refractivity contribution < 1.29 is 0 Å². The van der Waals surface area contributed by atoms with Crippen molar-refractivity contribution in [2.45, 2.75) is 18.5 Å². The lowest BCUT2D eigenvalue weighted by atomic mass is 9.82. The molecule has 2 nitrogen and oxygen atoms in total. The third-order valence-corrected chi connectivity index (χ3v) is 4.44. The summed E-state index contributed by atoms with van der Waals surface area (Å²) in [4.78, 5) is 4.94. The predicted octanol–water partition coefficient (Wildman–Crippen LogP) is 4.58. The second-order valence-electron chi connectivity index (χ2n) is 5.12. The van der Waals surface area contributed by atoms with E-state index in [1.165, 1.54) is 11.1 Å². The summed E-state index contributed by atoms with van der Waals surface area (Å²) >= 11 is 1.67. The topological polar surface area (TPSA) is 24.4 Å². The van der Waals surface area contributed by atoms with Gasteiger partial charge >= 0.3 is 0 Å². The van der Waals surface area contributed by atoms with E-state index in [-0.39, 0.29) is 35.6 Å². The van der Waals surface area contributed by atoms with Crippen LogP contribution < -0.4 is 5.32 Å². The van der Waals surface area contributed by atoms with Crippen LogP contribution in [0.4, 0.5) is 0 Å². The summed E-state index contributed by atoms with van der Waals surface area (Å²) in [5, 5.41) is 4.56. The van der Waals surface area contributed by atoms with Crippen LogP contribution in [0.5, 0.6) is 0 Å². The average Bonchev–Trinajstić information content (AvgIpc) is 2.87. The van der Waals surface area contributed by atoms with Crippen LogP contribution >= 0.6 is 35.7 Å². The fourth-order valence-corrected chi connectivity index (χ4v) is 3.25. The van der Waals surface area contributed by atoms with Crippen LogP contribution in [0.3, 0.4) is 0 Å². The summed E-state index contributed by atoms with van der Waals surface area (Å²) in [5.41, 5.74) is 2.25. The zero-order valence-electron chi connectivity index (χ0n) is 12.1. The molecule has 2 aromatic rings. The van der Waals surface area contributed by atoms with E-state index in [4.69, 9.17) is 4.99 Å². The van der Waals surface area contributed by atoms with Crippen molar-refractivity contribution in [2.75, 3.05) is 6.26 Å². The van der Waals surface area contributed by atoms with Gasteiger partial charge in [-0.05, 0) is 24.3 Å². The molecule has 0 saturated heterocycles. The van der Waals surface area contributed by atoms with E-state index in [9.17, 15) is 0 Å². The van der Waals surface area contributed by atoms with Crippen molar-refractivity contribution in [1.29, 1.82) is 0 Å². The zero-order valence-corrected chi connectivity index (χ0v) is 15.3. The summed E-state index contributed by atoms with van der Waals surface area (Å²) in [5.74, 6) is 0. The Labute approximate surface area is 147 Å². The van der Waals surface area contributed by atoms with Gasteiger partial charge in [-0.25, -0.2) is 4.99 Å². The highest BCUT2D eigenvalue weighted by atomic mass is 127. The van der Waals surface area contributed by atoms with E-state index in [2.05, 4.69) is 73.1 Å². The van der Waals surface area contributed by atoms with E-state index in [0.29, 0.717) is 0 Å². The number of rotatable bonds is 2. The molecule has 0 saturated carbocycles.